The number of aliphatic hydroxyl groups excluding tert-OH is 1. The van der Waals surface area contributed by atoms with E-state index in [0.29, 0.717) is 23.2 Å². The minimum atomic E-state index is -1.91. The lowest BCUT2D eigenvalue weighted by Crippen LogP contribution is -2.68. The maximum absolute atomic E-state index is 14.7. The van der Waals surface area contributed by atoms with Gasteiger partial charge in [-0.3, -0.25) is 9.59 Å². The highest BCUT2D eigenvalue weighted by atomic mass is 19.1. The van der Waals surface area contributed by atoms with Gasteiger partial charge in [0.25, 0.3) is 5.91 Å². The number of rotatable bonds is 11. The number of ether oxygens (including phenoxy) is 3. The van der Waals surface area contributed by atoms with E-state index in [0.717, 1.165) is 0 Å². The van der Waals surface area contributed by atoms with Gasteiger partial charge in [-0.15, -0.1) is 0 Å². The van der Waals surface area contributed by atoms with Crippen LogP contribution in [0.2, 0.25) is 0 Å². The lowest BCUT2D eigenvalue weighted by molar-refractivity contribution is -0.326. The van der Waals surface area contributed by atoms with Gasteiger partial charge in [0.15, 0.2) is 17.1 Å². The fourth-order valence-corrected chi connectivity index (χ4v) is 7.54. The first-order valence-corrected chi connectivity index (χ1v) is 15.6. The van der Waals surface area contributed by atoms with E-state index in [9.17, 15) is 24.2 Å². The number of amides is 1. The van der Waals surface area contributed by atoms with E-state index in [-0.39, 0.29) is 26.0 Å². The van der Waals surface area contributed by atoms with Crippen molar-refractivity contribution in [3.05, 3.63) is 115 Å². The van der Waals surface area contributed by atoms with Gasteiger partial charge in [0, 0.05) is 24.2 Å². The molecule has 1 amide bonds. The summed E-state index contributed by atoms with van der Waals surface area (Å²) < 4.78 is 33.3. The van der Waals surface area contributed by atoms with Crippen molar-refractivity contribution in [1.29, 1.82) is 0 Å². The zero-order valence-corrected chi connectivity index (χ0v) is 25.9. The standard InChI is InChI=1S/C36H39FN2O7/c1-4-21-44-31(41)23-29(40)22-30-19-20-39-35(43,24(2)3)34(32(42)38-28-13-9-6-10-14-28)33(46-34,25-11-7-5-8-12-25)36(39,45-30)26-15-17-27(37)18-16-26/h4-18,24,29-30,40,43H,1,19-23H2,2-3H3,(H,38,42)/t29-,30+,33+,34+,35-,36+/m0/s1. The summed E-state index contributed by atoms with van der Waals surface area (Å²) >= 11 is 0. The van der Waals surface area contributed by atoms with Crippen molar-refractivity contribution in [3.63, 3.8) is 0 Å². The minimum Gasteiger partial charge on any atom is -0.461 e. The zero-order valence-electron chi connectivity index (χ0n) is 25.9. The van der Waals surface area contributed by atoms with Gasteiger partial charge in [-0.05, 0) is 42.2 Å². The van der Waals surface area contributed by atoms with Crippen LogP contribution in [-0.4, -0.2) is 63.7 Å². The predicted octanol–water partition coefficient (Wildman–Crippen LogP) is 4.60. The Kier molecular flexibility index (Phi) is 8.37. The lowest BCUT2D eigenvalue weighted by Gasteiger charge is -2.54. The molecule has 6 atom stereocenters. The quantitative estimate of drug-likeness (QED) is 0.160. The highest BCUT2D eigenvalue weighted by Gasteiger charge is 2.99. The van der Waals surface area contributed by atoms with Crippen LogP contribution in [0.4, 0.5) is 10.1 Å². The highest BCUT2D eigenvalue weighted by Crippen LogP contribution is 2.79. The van der Waals surface area contributed by atoms with E-state index >= 15 is 0 Å². The molecular weight excluding hydrogens is 591 g/mol. The largest absolute Gasteiger partial charge is 0.461 e. The monoisotopic (exact) mass is 630 g/mol. The number of hydrogen-bond acceptors (Lipinski definition) is 8. The number of carbonyl (C=O) groups excluding carboxylic acids is 2. The van der Waals surface area contributed by atoms with Crippen LogP contribution in [-0.2, 0) is 35.1 Å². The van der Waals surface area contributed by atoms with Crippen molar-refractivity contribution in [1.82, 2.24) is 4.90 Å². The van der Waals surface area contributed by atoms with Gasteiger partial charge in [-0.2, -0.15) is 0 Å². The highest BCUT2D eigenvalue weighted by molar-refractivity contribution is 6.03. The third kappa shape index (κ3) is 4.62. The average Bonchev–Trinajstić information content (AvgIpc) is 3.74. The molecule has 9 nitrogen and oxygen atoms in total. The molecule has 46 heavy (non-hydrogen) atoms. The minimum absolute atomic E-state index is 0.0337. The molecule has 0 aromatic heterocycles. The summed E-state index contributed by atoms with van der Waals surface area (Å²) in [6, 6.07) is 23.8. The Morgan fingerprint density at radius 2 is 1.72 bits per heavy atom. The summed E-state index contributed by atoms with van der Waals surface area (Å²) in [5, 5.41) is 26.9. The zero-order chi connectivity index (χ0) is 32.7. The van der Waals surface area contributed by atoms with Crippen LogP contribution in [0.1, 0.15) is 44.2 Å². The Labute approximate surface area is 267 Å². The number of hydrogen-bond donors (Lipinski definition) is 3. The Hall–Kier alpha value is -3.93. The van der Waals surface area contributed by atoms with E-state index in [4.69, 9.17) is 14.2 Å². The normalized spacial score (nSPS) is 30.6. The SMILES string of the molecule is C=CCOC(=O)C[C@@H](O)C[C@H]1CCN2[C@](O)(C(C)C)[C@]3(C(=O)Nc4ccccc4)O[C@@]3(c3ccccc3)[C@@]2(c2ccc(F)cc2)O1. The number of fused-ring (bicyclic) bond motifs is 3. The number of aliphatic hydroxyl groups is 2. The van der Waals surface area contributed by atoms with Crippen molar-refractivity contribution >= 4 is 17.6 Å². The summed E-state index contributed by atoms with van der Waals surface area (Å²) in [6.07, 6.45) is -0.113. The van der Waals surface area contributed by atoms with Crippen LogP contribution in [0.15, 0.2) is 97.6 Å². The van der Waals surface area contributed by atoms with Crippen LogP contribution in [0.5, 0.6) is 0 Å². The molecule has 3 N–H and O–H groups in total. The number of esters is 1. The van der Waals surface area contributed by atoms with Crippen molar-refractivity contribution < 1.29 is 38.4 Å². The number of anilines is 1. The molecule has 0 spiro atoms. The summed E-state index contributed by atoms with van der Waals surface area (Å²) in [7, 11) is 0. The van der Waals surface area contributed by atoms with Gasteiger partial charge in [-0.1, -0.05) is 87.2 Å². The maximum atomic E-state index is 14.7. The molecule has 3 aliphatic rings. The maximum Gasteiger partial charge on any atom is 0.308 e. The molecule has 3 saturated heterocycles. The number of carbonyl (C=O) groups is 2. The smallest absolute Gasteiger partial charge is 0.308 e. The van der Waals surface area contributed by atoms with Gasteiger partial charge in [0.2, 0.25) is 5.60 Å². The molecule has 6 rings (SSSR count). The molecule has 3 fully saturated rings. The molecular formula is C36H39FN2O7. The molecule has 0 unspecified atom stereocenters. The fourth-order valence-electron chi connectivity index (χ4n) is 7.54. The predicted molar refractivity (Wildman–Crippen MR) is 167 cm³/mol. The van der Waals surface area contributed by atoms with Crippen LogP contribution in [0, 0.1) is 11.7 Å². The van der Waals surface area contributed by atoms with E-state index < -0.39 is 58.5 Å². The fraction of sp³-hybridized carbons (Fsp3) is 0.389. The molecule has 3 aromatic rings. The van der Waals surface area contributed by atoms with Gasteiger partial charge in [0.05, 0.1) is 18.6 Å². The second kappa shape index (κ2) is 12.0. The Morgan fingerprint density at radius 3 is 2.35 bits per heavy atom. The molecule has 0 aliphatic carbocycles. The summed E-state index contributed by atoms with van der Waals surface area (Å²) in [5.41, 5.74) is -5.47. The second-order valence-electron chi connectivity index (χ2n) is 12.4. The molecule has 3 heterocycles. The average molecular weight is 631 g/mol. The second-order valence-corrected chi connectivity index (χ2v) is 12.4. The molecule has 3 aromatic carbocycles. The Morgan fingerprint density at radius 1 is 1.07 bits per heavy atom. The molecule has 0 radical (unpaired) electrons. The van der Waals surface area contributed by atoms with Gasteiger partial charge in [-0.25, -0.2) is 9.29 Å². The number of nitrogens with one attached hydrogen (secondary N) is 1. The first kappa shape index (κ1) is 32.0. The third-order valence-corrected chi connectivity index (χ3v) is 9.43. The number of epoxide rings is 1. The van der Waals surface area contributed by atoms with Crippen LogP contribution < -0.4 is 5.32 Å². The van der Waals surface area contributed by atoms with E-state index in [1.807, 2.05) is 50.2 Å². The van der Waals surface area contributed by atoms with Gasteiger partial charge in [0.1, 0.15) is 12.4 Å². The molecule has 0 bridgehead atoms. The Bertz CT molecular complexity index is 1590. The van der Waals surface area contributed by atoms with Crippen molar-refractivity contribution in [2.24, 2.45) is 5.92 Å². The van der Waals surface area contributed by atoms with Crippen molar-refractivity contribution in [3.8, 4) is 0 Å². The summed E-state index contributed by atoms with van der Waals surface area (Å²) in [4.78, 5) is 28.7. The number of para-hydroxylation sites is 1. The summed E-state index contributed by atoms with van der Waals surface area (Å²) in [6.45, 7) is 7.45. The summed E-state index contributed by atoms with van der Waals surface area (Å²) in [5.74, 6) is -2.15. The molecule has 10 heteroatoms. The Balaban J connectivity index is 1.51. The van der Waals surface area contributed by atoms with Gasteiger partial charge < -0.3 is 29.7 Å². The van der Waals surface area contributed by atoms with Gasteiger partial charge >= 0.3 is 5.97 Å². The van der Waals surface area contributed by atoms with Crippen LogP contribution >= 0.6 is 0 Å². The third-order valence-electron chi connectivity index (χ3n) is 9.43. The topological polar surface area (TPSA) is 121 Å². The molecule has 0 saturated carbocycles. The molecule has 3 aliphatic heterocycles. The van der Waals surface area contributed by atoms with Crippen LogP contribution in [0.3, 0.4) is 0 Å². The lowest BCUT2D eigenvalue weighted by atomic mass is 9.73. The van der Waals surface area contributed by atoms with E-state index in [1.165, 1.54) is 18.2 Å². The number of nitrogens with zero attached hydrogens (tertiary/aromatic N) is 1. The number of morpholine rings is 1. The van der Waals surface area contributed by atoms with Crippen LogP contribution in [0.25, 0.3) is 0 Å². The van der Waals surface area contributed by atoms with E-state index in [1.54, 1.807) is 41.3 Å². The van der Waals surface area contributed by atoms with E-state index in [2.05, 4.69) is 11.9 Å². The number of halogens is 1. The van der Waals surface area contributed by atoms with Crippen molar-refractivity contribution in [2.75, 3.05) is 18.5 Å². The molecule has 242 valence electrons. The van der Waals surface area contributed by atoms with Crippen molar-refractivity contribution in [2.45, 2.75) is 68.0 Å². The first-order valence-electron chi connectivity index (χ1n) is 15.6. The first-order chi connectivity index (χ1) is 22.1. The number of benzene rings is 3.